The first-order chi connectivity index (χ1) is 11.4. The summed E-state index contributed by atoms with van der Waals surface area (Å²) < 4.78 is 27.0. The Morgan fingerprint density at radius 2 is 1.54 bits per heavy atom. The highest BCUT2D eigenvalue weighted by Gasteiger charge is 2.28. The van der Waals surface area contributed by atoms with Crippen LogP contribution in [-0.4, -0.2) is 38.9 Å². The van der Waals surface area contributed by atoms with Gasteiger partial charge in [0, 0.05) is 36.9 Å². The average molecular weight is 365 g/mol. The van der Waals surface area contributed by atoms with Crippen LogP contribution in [0.25, 0.3) is 0 Å². The lowest BCUT2D eigenvalue weighted by molar-refractivity contribution is 0.384. The Kier molecular flexibility index (Phi) is 4.85. The van der Waals surface area contributed by atoms with E-state index in [1.165, 1.54) is 16.8 Å². The molecule has 0 radical (unpaired) electrons. The second kappa shape index (κ2) is 6.75. The van der Waals surface area contributed by atoms with E-state index in [-0.39, 0.29) is 0 Å². The van der Waals surface area contributed by atoms with Crippen LogP contribution in [0.15, 0.2) is 47.4 Å². The van der Waals surface area contributed by atoms with Crippen molar-refractivity contribution in [3.63, 3.8) is 0 Å². The van der Waals surface area contributed by atoms with Gasteiger partial charge in [0.2, 0.25) is 10.0 Å². The predicted octanol–water partition coefficient (Wildman–Crippen LogP) is 3.47. The molecule has 2 aromatic rings. The van der Waals surface area contributed by atoms with Gasteiger partial charge in [-0.1, -0.05) is 23.7 Å². The maximum absolute atomic E-state index is 12.7. The van der Waals surface area contributed by atoms with Crippen LogP contribution >= 0.6 is 11.6 Å². The van der Waals surface area contributed by atoms with Gasteiger partial charge in [0.25, 0.3) is 0 Å². The molecule has 2 aromatic carbocycles. The van der Waals surface area contributed by atoms with E-state index in [2.05, 4.69) is 36.9 Å². The molecule has 0 bridgehead atoms. The van der Waals surface area contributed by atoms with E-state index in [4.69, 9.17) is 11.6 Å². The largest absolute Gasteiger partial charge is 0.369 e. The van der Waals surface area contributed by atoms with E-state index < -0.39 is 10.0 Å². The van der Waals surface area contributed by atoms with Crippen molar-refractivity contribution in [2.45, 2.75) is 18.7 Å². The van der Waals surface area contributed by atoms with E-state index in [1.54, 1.807) is 28.6 Å². The molecule has 0 amide bonds. The van der Waals surface area contributed by atoms with Crippen LogP contribution < -0.4 is 4.90 Å². The van der Waals surface area contributed by atoms with Gasteiger partial charge in [0.1, 0.15) is 0 Å². The Morgan fingerprint density at radius 3 is 2.17 bits per heavy atom. The summed E-state index contributed by atoms with van der Waals surface area (Å²) in [4.78, 5) is 2.56. The Morgan fingerprint density at radius 1 is 0.917 bits per heavy atom. The molecule has 0 N–H and O–H groups in total. The fraction of sp³-hybridized carbons (Fsp3) is 0.333. The number of hydrogen-bond donors (Lipinski definition) is 0. The Balaban J connectivity index is 1.75. The summed E-state index contributed by atoms with van der Waals surface area (Å²) in [5.74, 6) is 0. The predicted molar refractivity (Wildman–Crippen MR) is 98.3 cm³/mol. The molecular formula is C18H21ClN2O2S. The van der Waals surface area contributed by atoms with Crippen molar-refractivity contribution in [2.24, 2.45) is 0 Å². The Labute approximate surface area is 148 Å². The minimum Gasteiger partial charge on any atom is -0.369 e. The monoisotopic (exact) mass is 364 g/mol. The molecule has 0 aromatic heterocycles. The number of sulfonamides is 1. The minimum absolute atomic E-state index is 0.298. The molecule has 1 aliphatic heterocycles. The number of halogens is 1. The standard InChI is InChI=1S/C18H21ClN2O2S/c1-14-3-4-15(2)18(13-14)20-9-11-21(12-10-20)24(22,23)17-7-5-16(19)6-8-17/h3-8,13H,9-12H2,1-2H3. The minimum atomic E-state index is -3.45. The number of piperazine rings is 1. The molecule has 24 heavy (non-hydrogen) atoms. The van der Waals surface area contributed by atoms with E-state index in [0.717, 1.165) is 0 Å². The van der Waals surface area contributed by atoms with Crippen LogP contribution in [0.1, 0.15) is 11.1 Å². The highest BCUT2D eigenvalue weighted by atomic mass is 35.5. The number of benzene rings is 2. The first kappa shape index (κ1) is 17.3. The maximum Gasteiger partial charge on any atom is 0.243 e. The normalized spacial score (nSPS) is 16.4. The first-order valence-corrected chi connectivity index (χ1v) is 9.77. The zero-order valence-corrected chi connectivity index (χ0v) is 15.4. The van der Waals surface area contributed by atoms with Gasteiger partial charge < -0.3 is 4.90 Å². The number of rotatable bonds is 3. The summed E-state index contributed by atoms with van der Waals surface area (Å²) in [5, 5.41) is 0.536. The first-order valence-electron chi connectivity index (χ1n) is 7.96. The van der Waals surface area contributed by atoms with Gasteiger partial charge >= 0.3 is 0 Å². The van der Waals surface area contributed by atoms with Gasteiger partial charge in [-0.15, -0.1) is 0 Å². The van der Waals surface area contributed by atoms with Crippen molar-refractivity contribution in [1.29, 1.82) is 0 Å². The van der Waals surface area contributed by atoms with Crippen LogP contribution in [0.5, 0.6) is 0 Å². The summed E-state index contributed by atoms with van der Waals surface area (Å²) >= 11 is 5.85. The van der Waals surface area contributed by atoms with Crippen LogP contribution in [0.4, 0.5) is 5.69 Å². The van der Waals surface area contributed by atoms with Crippen LogP contribution in [-0.2, 0) is 10.0 Å². The summed E-state index contributed by atoms with van der Waals surface area (Å²) in [6, 6.07) is 12.7. The number of aryl methyl sites for hydroxylation is 2. The smallest absolute Gasteiger partial charge is 0.243 e. The van der Waals surface area contributed by atoms with E-state index in [0.29, 0.717) is 36.1 Å². The van der Waals surface area contributed by atoms with Gasteiger partial charge in [0.05, 0.1) is 4.90 Å². The molecule has 1 heterocycles. The Hall–Kier alpha value is -1.56. The zero-order chi connectivity index (χ0) is 17.3. The van der Waals surface area contributed by atoms with Crippen molar-refractivity contribution in [1.82, 2.24) is 4.31 Å². The summed E-state index contributed by atoms with van der Waals surface area (Å²) in [6.45, 7) is 6.51. The molecular weight excluding hydrogens is 344 g/mol. The van der Waals surface area contributed by atoms with Crippen molar-refractivity contribution in [2.75, 3.05) is 31.1 Å². The van der Waals surface area contributed by atoms with Crippen molar-refractivity contribution >= 4 is 27.3 Å². The van der Waals surface area contributed by atoms with E-state index in [9.17, 15) is 8.42 Å². The third-order valence-corrected chi connectivity index (χ3v) is 6.56. The molecule has 0 spiro atoms. The van der Waals surface area contributed by atoms with Crippen molar-refractivity contribution in [3.8, 4) is 0 Å². The Bertz CT molecular complexity index is 827. The molecule has 3 rings (SSSR count). The van der Waals surface area contributed by atoms with Gasteiger partial charge in [0.15, 0.2) is 0 Å². The molecule has 0 aliphatic carbocycles. The van der Waals surface area contributed by atoms with Gasteiger partial charge in [-0.2, -0.15) is 4.31 Å². The van der Waals surface area contributed by atoms with Crippen molar-refractivity contribution in [3.05, 3.63) is 58.6 Å². The molecule has 6 heteroatoms. The van der Waals surface area contributed by atoms with Crippen molar-refractivity contribution < 1.29 is 8.42 Å². The van der Waals surface area contributed by atoms with E-state index >= 15 is 0 Å². The number of nitrogens with zero attached hydrogens (tertiary/aromatic N) is 2. The quantitative estimate of drug-likeness (QED) is 0.837. The molecule has 0 atom stereocenters. The lowest BCUT2D eigenvalue weighted by atomic mass is 10.1. The van der Waals surface area contributed by atoms with Crippen LogP contribution in [0, 0.1) is 13.8 Å². The summed E-state index contributed by atoms with van der Waals surface area (Å²) in [7, 11) is -3.45. The maximum atomic E-state index is 12.7. The lowest BCUT2D eigenvalue weighted by Gasteiger charge is -2.36. The lowest BCUT2D eigenvalue weighted by Crippen LogP contribution is -2.48. The molecule has 0 saturated carbocycles. The second-order valence-corrected chi connectivity index (χ2v) is 8.51. The third kappa shape index (κ3) is 3.43. The summed E-state index contributed by atoms with van der Waals surface area (Å²) in [5.41, 5.74) is 3.62. The van der Waals surface area contributed by atoms with Gasteiger partial charge in [-0.25, -0.2) is 8.42 Å². The highest BCUT2D eigenvalue weighted by Crippen LogP contribution is 2.25. The fourth-order valence-corrected chi connectivity index (χ4v) is 4.53. The SMILES string of the molecule is Cc1ccc(C)c(N2CCN(S(=O)(=O)c3ccc(Cl)cc3)CC2)c1. The number of anilines is 1. The topological polar surface area (TPSA) is 40.6 Å². The molecule has 128 valence electrons. The second-order valence-electron chi connectivity index (χ2n) is 6.13. The zero-order valence-electron chi connectivity index (χ0n) is 13.9. The molecule has 1 saturated heterocycles. The summed E-state index contributed by atoms with van der Waals surface area (Å²) in [6.07, 6.45) is 0. The molecule has 0 unspecified atom stereocenters. The van der Waals surface area contributed by atoms with Gasteiger partial charge in [-0.05, 0) is 55.3 Å². The third-order valence-electron chi connectivity index (χ3n) is 4.40. The fourth-order valence-electron chi connectivity index (χ4n) is 2.99. The van der Waals surface area contributed by atoms with Crippen LogP contribution in [0.3, 0.4) is 0 Å². The van der Waals surface area contributed by atoms with E-state index in [1.807, 2.05) is 0 Å². The highest BCUT2D eigenvalue weighted by molar-refractivity contribution is 7.89. The molecule has 1 aliphatic rings. The molecule has 1 fully saturated rings. The number of hydrogen-bond acceptors (Lipinski definition) is 3. The van der Waals surface area contributed by atoms with Gasteiger partial charge in [-0.3, -0.25) is 0 Å². The average Bonchev–Trinajstić information content (AvgIpc) is 2.57. The molecule has 4 nitrogen and oxygen atoms in total. The van der Waals surface area contributed by atoms with Crippen LogP contribution in [0.2, 0.25) is 5.02 Å².